The highest BCUT2D eigenvalue weighted by molar-refractivity contribution is 5.96. The molecule has 0 spiro atoms. The molecule has 0 aliphatic rings. The first kappa shape index (κ1) is 12.2. The number of anilines is 2. The van der Waals surface area contributed by atoms with Gasteiger partial charge in [0.25, 0.3) is 0 Å². The fourth-order valence-corrected chi connectivity index (χ4v) is 1.63. The molecule has 0 saturated carbocycles. The minimum Gasteiger partial charge on any atom is -0.462 e. The van der Waals surface area contributed by atoms with Crippen LogP contribution in [0.2, 0.25) is 0 Å². The van der Waals surface area contributed by atoms with Crippen molar-refractivity contribution in [2.24, 2.45) is 0 Å². The number of esters is 1. The topological polar surface area (TPSA) is 67.0 Å². The zero-order chi connectivity index (χ0) is 13.0. The Kier molecular flexibility index (Phi) is 3.62. The Morgan fingerprint density at radius 3 is 2.78 bits per heavy atom. The molecule has 5 heteroatoms. The summed E-state index contributed by atoms with van der Waals surface area (Å²) in [6.45, 7) is 3.90. The smallest absolute Gasteiger partial charge is 0.343 e. The van der Waals surface area contributed by atoms with Crippen molar-refractivity contribution in [3.8, 4) is 0 Å². The number of H-pyrrole nitrogens is 1. The van der Waals surface area contributed by atoms with Gasteiger partial charge in [0.15, 0.2) is 5.82 Å². The summed E-state index contributed by atoms with van der Waals surface area (Å²) < 4.78 is 5.01. The van der Waals surface area contributed by atoms with Crippen molar-refractivity contribution in [1.82, 2.24) is 10.2 Å². The molecule has 2 rings (SSSR count). The molecule has 1 heterocycles. The molecule has 0 amide bonds. The molecule has 0 atom stereocenters. The zero-order valence-electron chi connectivity index (χ0n) is 10.4. The van der Waals surface area contributed by atoms with Crippen molar-refractivity contribution >= 4 is 17.5 Å². The maximum Gasteiger partial charge on any atom is 0.343 e. The van der Waals surface area contributed by atoms with Crippen LogP contribution in [0.3, 0.4) is 0 Å². The number of nitrogens with one attached hydrogen (secondary N) is 2. The fraction of sp³-hybridized carbons (Fsp3) is 0.231. The number of carbonyl (C=O) groups excluding carboxylic acids is 1. The van der Waals surface area contributed by atoms with Gasteiger partial charge in [-0.2, -0.15) is 5.10 Å². The second kappa shape index (κ2) is 5.35. The van der Waals surface area contributed by atoms with Gasteiger partial charge in [-0.3, -0.25) is 5.10 Å². The summed E-state index contributed by atoms with van der Waals surface area (Å²) >= 11 is 0. The molecular weight excluding hydrogens is 230 g/mol. The van der Waals surface area contributed by atoms with Crippen LogP contribution in [0.5, 0.6) is 0 Å². The lowest BCUT2D eigenvalue weighted by molar-refractivity contribution is 0.0527. The van der Waals surface area contributed by atoms with E-state index >= 15 is 0 Å². The van der Waals surface area contributed by atoms with E-state index in [-0.39, 0.29) is 5.97 Å². The SMILES string of the molecule is CCOC(=O)c1c(Nc2ccccc2)n[nH]c1C. The van der Waals surface area contributed by atoms with Crippen LogP contribution >= 0.6 is 0 Å². The van der Waals surface area contributed by atoms with Gasteiger partial charge in [0.2, 0.25) is 0 Å². The third-order valence-electron chi connectivity index (χ3n) is 2.46. The van der Waals surface area contributed by atoms with E-state index < -0.39 is 0 Å². The van der Waals surface area contributed by atoms with Gasteiger partial charge in [-0.1, -0.05) is 18.2 Å². The third kappa shape index (κ3) is 2.51. The fourth-order valence-electron chi connectivity index (χ4n) is 1.63. The van der Waals surface area contributed by atoms with Gasteiger partial charge in [-0.25, -0.2) is 4.79 Å². The third-order valence-corrected chi connectivity index (χ3v) is 2.46. The average Bonchev–Trinajstić information content (AvgIpc) is 2.72. The Morgan fingerprint density at radius 1 is 1.39 bits per heavy atom. The number of benzene rings is 1. The van der Waals surface area contributed by atoms with Crippen LogP contribution in [-0.2, 0) is 4.74 Å². The number of hydrogen-bond acceptors (Lipinski definition) is 4. The van der Waals surface area contributed by atoms with Crippen LogP contribution in [0.15, 0.2) is 30.3 Å². The lowest BCUT2D eigenvalue weighted by atomic mass is 10.2. The second-order valence-corrected chi connectivity index (χ2v) is 3.78. The van der Waals surface area contributed by atoms with Gasteiger partial charge >= 0.3 is 5.97 Å². The lowest BCUT2D eigenvalue weighted by Crippen LogP contribution is -2.08. The van der Waals surface area contributed by atoms with Crippen molar-refractivity contribution < 1.29 is 9.53 Å². The van der Waals surface area contributed by atoms with E-state index in [0.29, 0.717) is 23.7 Å². The van der Waals surface area contributed by atoms with Gasteiger partial charge in [0.1, 0.15) is 5.56 Å². The highest BCUT2D eigenvalue weighted by Crippen LogP contribution is 2.21. The van der Waals surface area contributed by atoms with E-state index in [0.717, 1.165) is 5.69 Å². The second-order valence-electron chi connectivity index (χ2n) is 3.78. The molecule has 0 fully saturated rings. The summed E-state index contributed by atoms with van der Waals surface area (Å²) in [6, 6.07) is 9.54. The van der Waals surface area contributed by atoms with Crippen LogP contribution < -0.4 is 5.32 Å². The highest BCUT2D eigenvalue weighted by Gasteiger charge is 2.19. The number of rotatable bonds is 4. The Bertz CT molecular complexity index is 534. The van der Waals surface area contributed by atoms with E-state index in [1.165, 1.54) is 0 Å². The minimum absolute atomic E-state index is 0.341. The molecule has 0 aliphatic carbocycles. The maximum absolute atomic E-state index is 11.8. The van der Waals surface area contributed by atoms with Crippen LogP contribution in [-0.4, -0.2) is 22.8 Å². The van der Waals surface area contributed by atoms with Crippen LogP contribution in [0.4, 0.5) is 11.5 Å². The lowest BCUT2D eigenvalue weighted by Gasteiger charge is -2.06. The number of ether oxygens (including phenoxy) is 1. The van der Waals surface area contributed by atoms with E-state index in [4.69, 9.17) is 4.74 Å². The summed E-state index contributed by atoms with van der Waals surface area (Å²) in [4.78, 5) is 11.8. The predicted octanol–water partition coefficient (Wildman–Crippen LogP) is 2.64. The quantitative estimate of drug-likeness (QED) is 0.812. The molecule has 0 bridgehead atoms. The molecule has 0 saturated heterocycles. The number of carbonyl (C=O) groups is 1. The van der Waals surface area contributed by atoms with Gasteiger partial charge in [-0.15, -0.1) is 0 Å². The van der Waals surface area contributed by atoms with E-state index in [1.54, 1.807) is 13.8 Å². The van der Waals surface area contributed by atoms with Crippen LogP contribution in [0.1, 0.15) is 23.0 Å². The number of aromatic nitrogens is 2. The Morgan fingerprint density at radius 2 is 2.11 bits per heavy atom. The van der Waals surface area contributed by atoms with Crippen molar-refractivity contribution in [3.05, 3.63) is 41.6 Å². The summed E-state index contributed by atoms with van der Waals surface area (Å²) in [7, 11) is 0. The van der Waals surface area contributed by atoms with Crippen molar-refractivity contribution in [2.75, 3.05) is 11.9 Å². The molecular formula is C13H15N3O2. The molecule has 94 valence electrons. The molecule has 1 aromatic heterocycles. The number of aryl methyl sites for hydroxylation is 1. The summed E-state index contributed by atoms with van der Waals surface area (Å²) in [5, 5.41) is 9.95. The van der Waals surface area contributed by atoms with E-state index in [9.17, 15) is 4.79 Å². The maximum atomic E-state index is 11.8. The first-order valence-corrected chi connectivity index (χ1v) is 5.76. The largest absolute Gasteiger partial charge is 0.462 e. The average molecular weight is 245 g/mol. The van der Waals surface area contributed by atoms with Crippen molar-refractivity contribution in [1.29, 1.82) is 0 Å². The van der Waals surface area contributed by atoms with Gasteiger partial charge in [-0.05, 0) is 26.0 Å². The standard InChI is InChI=1S/C13H15N3O2/c1-3-18-13(17)11-9(2)15-16-12(11)14-10-7-5-4-6-8-10/h4-8H,3H2,1-2H3,(H2,14,15,16). The Labute approximate surface area is 105 Å². The molecule has 2 aromatic rings. The summed E-state index contributed by atoms with van der Waals surface area (Å²) in [5.41, 5.74) is 2.00. The highest BCUT2D eigenvalue weighted by atomic mass is 16.5. The van der Waals surface area contributed by atoms with E-state index in [1.807, 2.05) is 30.3 Å². The molecule has 0 radical (unpaired) electrons. The number of nitrogens with zero attached hydrogens (tertiary/aromatic N) is 1. The van der Waals surface area contributed by atoms with E-state index in [2.05, 4.69) is 15.5 Å². The van der Waals surface area contributed by atoms with Crippen LogP contribution in [0, 0.1) is 6.92 Å². The first-order valence-electron chi connectivity index (χ1n) is 5.76. The molecule has 2 N–H and O–H groups in total. The van der Waals surface area contributed by atoms with Crippen molar-refractivity contribution in [2.45, 2.75) is 13.8 Å². The first-order chi connectivity index (χ1) is 8.72. The molecule has 0 aliphatic heterocycles. The summed E-state index contributed by atoms with van der Waals surface area (Å²) in [5.74, 6) is 0.110. The monoisotopic (exact) mass is 245 g/mol. The predicted molar refractivity (Wildman–Crippen MR) is 69.0 cm³/mol. The Hall–Kier alpha value is -2.30. The number of para-hydroxylation sites is 1. The van der Waals surface area contributed by atoms with Gasteiger partial charge in [0.05, 0.1) is 6.61 Å². The van der Waals surface area contributed by atoms with Crippen LogP contribution in [0.25, 0.3) is 0 Å². The van der Waals surface area contributed by atoms with Gasteiger partial charge in [0, 0.05) is 11.4 Å². The normalized spacial score (nSPS) is 10.1. The minimum atomic E-state index is -0.373. The molecule has 0 unspecified atom stereocenters. The van der Waals surface area contributed by atoms with Gasteiger partial charge < -0.3 is 10.1 Å². The molecule has 18 heavy (non-hydrogen) atoms. The number of hydrogen-bond donors (Lipinski definition) is 2. The van der Waals surface area contributed by atoms with Crippen molar-refractivity contribution in [3.63, 3.8) is 0 Å². The zero-order valence-corrected chi connectivity index (χ0v) is 10.4. The molecule has 5 nitrogen and oxygen atoms in total. The summed E-state index contributed by atoms with van der Waals surface area (Å²) in [6.07, 6.45) is 0. The Balaban J connectivity index is 2.26. The number of aromatic amines is 1. The molecule has 1 aromatic carbocycles.